The minimum absolute atomic E-state index is 0.0311. The third kappa shape index (κ3) is 4.60. The monoisotopic (exact) mass is 360 g/mol. The van der Waals surface area contributed by atoms with Crippen molar-refractivity contribution in [1.29, 1.82) is 0 Å². The molecule has 0 heterocycles. The summed E-state index contributed by atoms with van der Waals surface area (Å²) in [5.74, 6) is -1.08. The van der Waals surface area contributed by atoms with Crippen LogP contribution in [0.25, 0.3) is 0 Å². The maximum absolute atomic E-state index is 12.3. The minimum Gasteiger partial charge on any atom is -0.466 e. The summed E-state index contributed by atoms with van der Waals surface area (Å²) in [6, 6.07) is 9.04. The normalized spacial score (nSPS) is 15.2. The van der Waals surface area contributed by atoms with E-state index in [1.807, 2.05) is 31.2 Å². The molecule has 1 aliphatic carbocycles. The van der Waals surface area contributed by atoms with Gasteiger partial charge in [-0.25, -0.2) is 9.59 Å². The van der Waals surface area contributed by atoms with Crippen molar-refractivity contribution >= 4 is 28.8 Å². The third-order valence-corrected chi connectivity index (χ3v) is 5.10. The Hall–Kier alpha value is -2.34. The molecule has 0 radical (unpaired) electrons. The zero-order valence-electron chi connectivity index (χ0n) is 14.4. The second kappa shape index (κ2) is 8.67. The van der Waals surface area contributed by atoms with E-state index in [2.05, 4.69) is 0 Å². The first-order valence-electron chi connectivity index (χ1n) is 7.81. The Bertz CT molecular complexity index is 733. The van der Waals surface area contributed by atoms with Crippen molar-refractivity contribution in [1.82, 2.24) is 0 Å². The van der Waals surface area contributed by atoms with Crippen LogP contribution in [0, 0.1) is 0 Å². The average molecular weight is 360 g/mol. The molecule has 5 nitrogen and oxygen atoms in total. The number of hydrogen-bond donors (Lipinski definition) is 0. The summed E-state index contributed by atoms with van der Waals surface area (Å²) in [6.07, 6.45) is 2.44. The maximum atomic E-state index is 12.3. The van der Waals surface area contributed by atoms with Gasteiger partial charge in [0.05, 0.1) is 25.4 Å². The molecular formula is C19H20O5S. The molecular weight excluding hydrogens is 340 g/mol. The molecule has 0 bridgehead atoms. The molecule has 25 heavy (non-hydrogen) atoms. The fourth-order valence-corrected chi connectivity index (χ4v) is 3.50. The highest BCUT2D eigenvalue weighted by Gasteiger charge is 2.28. The van der Waals surface area contributed by atoms with Gasteiger partial charge < -0.3 is 9.47 Å². The quantitative estimate of drug-likeness (QED) is 0.593. The van der Waals surface area contributed by atoms with Crippen molar-refractivity contribution in [2.45, 2.75) is 25.0 Å². The van der Waals surface area contributed by atoms with E-state index in [1.54, 1.807) is 12.1 Å². The largest absolute Gasteiger partial charge is 0.466 e. The summed E-state index contributed by atoms with van der Waals surface area (Å²) in [7, 11) is 2.56. The number of hydrogen-bond acceptors (Lipinski definition) is 6. The molecule has 0 spiro atoms. The van der Waals surface area contributed by atoms with E-state index in [0.29, 0.717) is 16.7 Å². The number of carbonyl (C=O) groups is 3. The van der Waals surface area contributed by atoms with Crippen LogP contribution >= 0.6 is 11.8 Å². The number of ether oxygens (including phenoxy) is 2. The number of esters is 2. The first-order chi connectivity index (χ1) is 12.0. The van der Waals surface area contributed by atoms with Crippen LogP contribution in [0.1, 0.15) is 30.1 Å². The number of methoxy groups -OCH3 is 2. The zero-order valence-corrected chi connectivity index (χ0v) is 15.2. The molecule has 0 amide bonds. The summed E-state index contributed by atoms with van der Waals surface area (Å²) in [5, 5.41) is -0.150. The lowest BCUT2D eigenvalue weighted by Gasteiger charge is -2.22. The first-order valence-corrected chi connectivity index (χ1v) is 8.69. The summed E-state index contributed by atoms with van der Waals surface area (Å²) >= 11 is 1.20. The Balaban J connectivity index is 2.13. The van der Waals surface area contributed by atoms with Crippen molar-refractivity contribution in [3.63, 3.8) is 0 Å². The van der Waals surface area contributed by atoms with Gasteiger partial charge in [-0.15, -0.1) is 0 Å². The van der Waals surface area contributed by atoms with Gasteiger partial charge in [0.1, 0.15) is 0 Å². The molecule has 1 aliphatic rings. The molecule has 6 heteroatoms. The third-order valence-electron chi connectivity index (χ3n) is 3.99. The van der Waals surface area contributed by atoms with Crippen LogP contribution in [0.5, 0.6) is 0 Å². The van der Waals surface area contributed by atoms with Crippen LogP contribution in [0.2, 0.25) is 0 Å². The highest BCUT2D eigenvalue weighted by molar-refractivity contribution is 8.14. The van der Waals surface area contributed by atoms with Gasteiger partial charge >= 0.3 is 11.9 Å². The fraction of sp³-hybridized carbons (Fsp3) is 0.316. The molecule has 2 rings (SSSR count). The van der Waals surface area contributed by atoms with E-state index in [0.717, 1.165) is 5.57 Å². The molecule has 0 aromatic heterocycles. The molecule has 1 atom stereocenters. The number of thioether (sulfide) groups is 1. The zero-order chi connectivity index (χ0) is 18.4. The van der Waals surface area contributed by atoms with E-state index in [1.165, 1.54) is 26.0 Å². The Morgan fingerprint density at radius 1 is 1.00 bits per heavy atom. The SMILES string of the molecule is COC(=O)C1=C(C(=O)OC)CC(C(C)SC(=O)c2ccccc2)=CC1. The Kier molecular flexibility index (Phi) is 6.58. The molecule has 1 aromatic rings. The van der Waals surface area contributed by atoms with Gasteiger partial charge in [-0.05, 0) is 13.3 Å². The van der Waals surface area contributed by atoms with Gasteiger partial charge in [-0.3, -0.25) is 4.79 Å². The fourth-order valence-electron chi connectivity index (χ4n) is 2.58. The van der Waals surface area contributed by atoms with Gasteiger partial charge in [0.25, 0.3) is 0 Å². The summed E-state index contributed by atoms with van der Waals surface area (Å²) in [5.41, 5.74) is 2.16. The van der Waals surface area contributed by atoms with Crippen LogP contribution in [-0.2, 0) is 19.1 Å². The molecule has 1 aromatic carbocycles. The van der Waals surface area contributed by atoms with Gasteiger partial charge in [-0.1, -0.05) is 53.7 Å². The lowest BCUT2D eigenvalue weighted by Crippen LogP contribution is -2.20. The van der Waals surface area contributed by atoms with Crippen molar-refractivity contribution in [3.05, 3.63) is 58.7 Å². The van der Waals surface area contributed by atoms with E-state index in [4.69, 9.17) is 9.47 Å². The van der Waals surface area contributed by atoms with E-state index in [9.17, 15) is 14.4 Å². The van der Waals surface area contributed by atoms with Crippen LogP contribution in [0.15, 0.2) is 53.1 Å². The van der Waals surface area contributed by atoms with Gasteiger partial charge in [0.2, 0.25) is 5.12 Å². The number of rotatable bonds is 5. The molecule has 0 fully saturated rings. The van der Waals surface area contributed by atoms with E-state index in [-0.39, 0.29) is 23.2 Å². The first kappa shape index (κ1) is 19.0. The van der Waals surface area contributed by atoms with E-state index >= 15 is 0 Å². The Morgan fingerprint density at radius 2 is 1.60 bits per heavy atom. The molecule has 132 valence electrons. The lowest BCUT2D eigenvalue weighted by atomic mass is 9.90. The van der Waals surface area contributed by atoms with Gasteiger partial charge in [0, 0.05) is 17.2 Å². The highest BCUT2D eigenvalue weighted by atomic mass is 32.2. The highest BCUT2D eigenvalue weighted by Crippen LogP contribution is 2.33. The standard InChI is InChI=1S/C19H20O5S/c1-12(25-19(22)13-7-5-4-6-8-13)14-9-10-15(17(20)23-2)16(11-14)18(21)24-3/h4-9,12H,10-11H2,1-3H3. The Labute approximate surface area is 151 Å². The predicted molar refractivity (Wildman–Crippen MR) is 96.2 cm³/mol. The number of carbonyl (C=O) groups excluding carboxylic acids is 3. The van der Waals surface area contributed by atoms with Crippen molar-refractivity contribution < 1.29 is 23.9 Å². The summed E-state index contributed by atoms with van der Waals surface area (Å²) in [4.78, 5) is 36.2. The van der Waals surface area contributed by atoms with Crippen LogP contribution in [0.3, 0.4) is 0 Å². The summed E-state index contributed by atoms with van der Waals surface area (Å²) in [6.45, 7) is 1.91. The second-order valence-electron chi connectivity index (χ2n) is 5.51. The van der Waals surface area contributed by atoms with Crippen molar-refractivity contribution in [2.24, 2.45) is 0 Å². The molecule has 1 unspecified atom stereocenters. The second-order valence-corrected chi connectivity index (χ2v) is 6.83. The van der Waals surface area contributed by atoms with Gasteiger partial charge in [-0.2, -0.15) is 0 Å². The number of benzene rings is 1. The maximum Gasteiger partial charge on any atom is 0.334 e. The summed E-state index contributed by atoms with van der Waals surface area (Å²) < 4.78 is 9.53. The average Bonchev–Trinajstić information content (AvgIpc) is 2.66. The predicted octanol–water partition coefficient (Wildman–Crippen LogP) is 3.31. The van der Waals surface area contributed by atoms with Crippen LogP contribution in [0.4, 0.5) is 0 Å². The minimum atomic E-state index is -0.544. The van der Waals surface area contributed by atoms with Crippen LogP contribution < -0.4 is 0 Å². The van der Waals surface area contributed by atoms with Crippen molar-refractivity contribution in [3.8, 4) is 0 Å². The lowest BCUT2D eigenvalue weighted by molar-refractivity contribution is -0.139. The van der Waals surface area contributed by atoms with Gasteiger partial charge in [0.15, 0.2) is 0 Å². The smallest absolute Gasteiger partial charge is 0.334 e. The molecule has 0 N–H and O–H groups in total. The molecule has 0 saturated carbocycles. The molecule has 0 aliphatic heterocycles. The Morgan fingerprint density at radius 3 is 2.20 bits per heavy atom. The topological polar surface area (TPSA) is 69.7 Å². The number of allylic oxidation sites excluding steroid dienone is 1. The molecule has 0 saturated heterocycles. The van der Waals surface area contributed by atoms with Crippen LogP contribution in [-0.4, -0.2) is 36.5 Å². The van der Waals surface area contributed by atoms with E-state index < -0.39 is 11.9 Å². The van der Waals surface area contributed by atoms with Crippen molar-refractivity contribution in [2.75, 3.05) is 14.2 Å².